The first-order valence-electron chi connectivity index (χ1n) is 5.97. The number of amides is 3. The van der Waals surface area contributed by atoms with Crippen molar-refractivity contribution >= 4 is 17.8 Å². The Hall–Kier alpha value is -1.59. The molecule has 2 N–H and O–H groups in total. The van der Waals surface area contributed by atoms with Gasteiger partial charge in [-0.2, -0.15) is 4.99 Å². The van der Waals surface area contributed by atoms with E-state index in [1.165, 1.54) is 4.90 Å². The molecule has 0 saturated carbocycles. The number of aliphatic imine (C=N–C) groups is 1. The smallest absolute Gasteiger partial charge is 0.345 e. The van der Waals surface area contributed by atoms with E-state index in [4.69, 9.17) is 5.73 Å². The fourth-order valence-corrected chi connectivity index (χ4v) is 1.98. The predicted octanol–water partition coefficient (Wildman–Crippen LogP) is 0.426. The molecule has 96 valence electrons. The lowest BCUT2D eigenvalue weighted by atomic mass is 10.1. The lowest BCUT2D eigenvalue weighted by molar-refractivity contribution is -0.131. The fourth-order valence-electron chi connectivity index (χ4n) is 1.98. The minimum atomic E-state index is -0.374. The zero-order valence-corrected chi connectivity index (χ0v) is 10.6. The third-order valence-corrected chi connectivity index (χ3v) is 3.01. The molecule has 0 aromatic carbocycles. The van der Waals surface area contributed by atoms with Gasteiger partial charge in [0.25, 0.3) is 0 Å². The van der Waals surface area contributed by atoms with Crippen LogP contribution in [0, 0.1) is 0 Å². The average molecular weight is 240 g/mol. The first kappa shape index (κ1) is 13.5. The Morgan fingerprint density at radius 1 is 1.41 bits per heavy atom. The molecule has 1 aliphatic rings. The van der Waals surface area contributed by atoms with E-state index in [-0.39, 0.29) is 30.2 Å². The standard InChI is InChI=1S/C11H20N4O2/c1-4-14(5-2)9(16)7-8-10(12)13-11(17)15(8)6-3/h8H,4-7H2,1-3H3,(H2,12,13,17). The molecule has 0 bridgehead atoms. The molecule has 1 rings (SSSR count). The summed E-state index contributed by atoms with van der Waals surface area (Å²) in [5.41, 5.74) is 5.68. The number of nitrogens with zero attached hydrogens (tertiary/aromatic N) is 3. The van der Waals surface area contributed by atoms with Gasteiger partial charge < -0.3 is 15.5 Å². The van der Waals surface area contributed by atoms with Gasteiger partial charge in [0.2, 0.25) is 5.91 Å². The van der Waals surface area contributed by atoms with Crippen molar-refractivity contribution in [3.8, 4) is 0 Å². The van der Waals surface area contributed by atoms with E-state index in [9.17, 15) is 9.59 Å². The molecular weight excluding hydrogens is 220 g/mol. The molecule has 17 heavy (non-hydrogen) atoms. The van der Waals surface area contributed by atoms with Gasteiger partial charge in [-0.15, -0.1) is 0 Å². The van der Waals surface area contributed by atoms with E-state index in [0.717, 1.165) is 0 Å². The number of hydrogen-bond acceptors (Lipinski definition) is 3. The van der Waals surface area contributed by atoms with Crippen molar-refractivity contribution in [1.82, 2.24) is 9.80 Å². The van der Waals surface area contributed by atoms with Crippen molar-refractivity contribution in [1.29, 1.82) is 0 Å². The summed E-state index contributed by atoms with van der Waals surface area (Å²) in [4.78, 5) is 30.4. The van der Waals surface area contributed by atoms with Gasteiger partial charge in [-0.05, 0) is 20.8 Å². The topological polar surface area (TPSA) is 79.0 Å². The van der Waals surface area contributed by atoms with Gasteiger partial charge in [-0.1, -0.05) is 0 Å². The Bertz CT molecular complexity index is 336. The summed E-state index contributed by atoms with van der Waals surface area (Å²) < 4.78 is 0. The van der Waals surface area contributed by atoms with Gasteiger partial charge in [-0.25, -0.2) is 4.79 Å². The molecule has 3 amide bonds. The number of urea groups is 1. The highest BCUT2D eigenvalue weighted by Gasteiger charge is 2.34. The van der Waals surface area contributed by atoms with Crippen LogP contribution in [0.4, 0.5) is 4.79 Å². The Kier molecular flexibility index (Phi) is 4.48. The number of carbonyl (C=O) groups is 2. The molecule has 6 nitrogen and oxygen atoms in total. The number of likely N-dealkylation sites (N-methyl/N-ethyl adjacent to an activating group) is 1. The first-order chi connectivity index (χ1) is 8.04. The maximum absolute atomic E-state index is 12.0. The number of rotatable bonds is 5. The Morgan fingerprint density at radius 2 is 2.00 bits per heavy atom. The monoisotopic (exact) mass is 240 g/mol. The Balaban J connectivity index is 2.70. The van der Waals surface area contributed by atoms with Crippen LogP contribution in [0.3, 0.4) is 0 Å². The van der Waals surface area contributed by atoms with Crippen LogP contribution in [0.5, 0.6) is 0 Å². The lowest BCUT2D eigenvalue weighted by Gasteiger charge is -2.25. The second kappa shape index (κ2) is 5.65. The quantitative estimate of drug-likeness (QED) is 0.756. The van der Waals surface area contributed by atoms with Crippen molar-refractivity contribution in [2.24, 2.45) is 10.7 Å². The van der Waals surface area contributed by atoms with Gasteiger partial charge in [0.05, 0.1) is 12.5 Å². The van der Waals surface area contributed by atoms with Crippen LogP contribution in [0.25, 0.3) is 0 Å². The van der Waals surface area contributed by atoms with Crippen LogP contribution in [0.15, 0.2) is 4.99 Å². The Morgan fingerprint density at radius 3 is 2.47 bits per heavy atom. The summed E-state index contributed by atoms with van der Waals surface area (Å²) in [5.74, 6) is 0.253. The van der Waals surface area contributed by atoms with Gasteiger partial charge in [-0.3, -0.25) is 4.79 Å². The zero-order chi connectivity index (χ0) is 13.0. The third-order valence-electron chi connectivity index (χ3n) is 3.01. The highest BCUT2D eigenvalue weighted by atomic mass is 16.2. The summed E-state index contributed by atoms with van der Waals surface area (Å²) in [6, 6.07) is -0.719. The minimum absolute atomic E-state index is 0.00583. The second-order valence-corrected chi connectivity index (χ2v) is 3.89. The molecule has 0 aromatic heterocycles. The second-order valence-electron chi connectivity index (χ2n) is 3.89. The molecule has 0 saturated heterocycles. The molecular formula is C11H20N4O2. The molecule has 6 heteroatoms. The average Bonchev–Trinajstić information content (AvgIpc) is 2.55. The summed E-state index contributed by atoms with van der Waals surface area (Å²) in [5, 5.41) is 0. The largest absolute Gasteiger partial charge is 0.385 e. The molecule has 1 unspecified atom stereocenters. The van der Waals surface area contributed by atoms with E-state index in [1.807, 2.05) is 20.8 Å². The van der Waals surface area contributed by atoms with Crippen LogP contribution in [-0.4, -0.2) is 53.2 Å². The molecule has 1 aliphatic heterocycles. The van der Waals surface area contributed by atoms with Crippen molar-refractivity contribution in [2.75, 3.05) is 19.6 Å². The number of amidine groups is 1. The van der Waals surface area contributed by atoms with Gasteiger partial charge >= 0.3 is 6.03 Å². The SMILES string of the molecule is CCN(CC)C(=O)CC1C(N)=NC(=O)N1CC. The van der Waals surface area contributed by atoms with Crippen molar-refractivity contribution in [3.05, 3.63) is 0 Å². The molecule has 0 aromatic rings. The summed E-state index contributed by atoms with van der Waals surface area (Å²) in [6.07, 6.45) is 0.219. The summed E-state index contributed by atoms with van der Waals surface area (Å²) in [6.45, 7) is 7.55. The van der Waals surface area contributed by atoms with Crippen molar-refractivity contribution < 1.29 is 9.59 Å². The minimum Gasteiger partial charge on any atom is -0.385 e. The first-order valence-corrected chi connectivity index (χ1v) is 5.97. The fraction of sp³-hybridized carbons (Fsp3) is 0.727. The highest BCUT2D eigenvalue weighted by molar-refractivity contribution is 6.04. The molecule has 0 radical (unpaired) electrons. The predicted molar refractivity (Wildman–Crippen MR) is 65.7 cm³/mol. The van der Waals surface area contributed by atoms with E-state index < -0.39 is 0 Å². The van der Waals surface area contributed by atoms with Crippen LogP contribution >= 0.6 is 0 Å². The maximum Gasteiger partial charge on any atom is 0.345 e. The molecule has 0 fully saturated rings. The summed E-state index contributed by atoms with van der Waals surface area (Å²) in [7, 11) is 0. The normalized spacial score (nSPS) is 19.5. The molecule has 1 heterocycles. The molecule has 0 spiro atoms. The zero-order valence-electron chi connectivity index (χ0n) is 10.6. The summed E-state index contributed by atoms with van der Waals surface area (Å²) >= 11 is 0. The maximum atomic E-state index is 12.0. The van der Waals surface area contributed by atoms with Crippen LogP contribution < -0.4 is 5.73 Å². The van der Waals surface area contributed by atoms with E-state index in [0.29, 0.717) is 19.6 Å². The van der Waals surface area contributed by atoms with Gasteiger partial charge in [0, 0.05) is 19.6 Å². The van der Waals surface area contributed by atoms with Gasteiger partial charge in [0.15, 0.2) is 0 Å². The molecule has 0 aliphatic carbocycles. The Labute approximate surface area is 101 Å². The highest BCUT2D eigenvalue weighted by Crippen LogP contribution is 2.15. The van der Waals surface area contributed by atoms with Crippen molar-refractivity contribution in [2.45, 2.75) is 33.2 Å². The van der Waals surface area contributed by atoms with E-state index in [2.05, 4.69) is 4.99 Å². The lowest BCUT2D eigenvalue weighted by Crippen LogP contribution is -2.44. The van der Waals surface area contributed by atoms with Gasteiger partial charge in [0.1, 0.15) is 5.84 Å². The number of hydrogen-bond donors (Lipinski definition) is 1. The van der Waals surface area contributed by atoms with Crippen LogP contribution in [-0.2, 0) is 4.79 Å². The van der Waals surface area contributed by atoms with Crippen LogP contribution in [0.1, 0.15) is 27.2 Å². The van der Waals surface area contributed by atoms with E-state index in [1.54, 1.807) is 4.90 Å². The number of carbonyl (C=O) groups excluding carboxylic acids is 2. The third kappa shape index (κ3) is 2.75. The van der Waals surface area contributed by atoms with Crippen molar-refractivity contribution in [3.63, 3.8) is 0 Å². The van der Waals surface area contributed by atoms with E-state index >= 15 is 0 Å². The van der Waals surface area contributed by atoms with Crippen LogP contribution in [0.2, 0.25) is 0 Å². The number of nitrogens with two attached hydrogens (primary N) is 1. The molecule has 1 atom stereocenters.